The topological polar surface area (TPSA) is 30.9 Å². The first-order valence-corrected chi connectivity index (χ1v) is 8.74. The number of likely N-dealkylation sites (N-methyl/N-ethyl adjacent to an activating group) is 2. The molecule has 1 unspecified atom stereocenters. The van der Waals surface area contributed by atoms with Gasteiger partial charge in [0.2, 0.25) is 0 Å². The minimum absolute atomic E-state index is 0. The molecule has 1 aliphatic carbocycles. The van der Waals surface area contributed by atoms with E-state index in [-0.39, 0.29) is 24.0 Å². The third kappa shape index (κ3) is 5.25. The zero-order chi connectivity index (χ0) is 15.3. The number of rotatable bonds is 5. The highest BCUT2D eigenvalue weighted by Crippen LogP contribution is 2.36. The molecule has 0 bridgehead atoms. The first-order valence-electron chi connectivity index (χ1n) is 8.74. The molecule has 0 aromatic heterocycles. The van der Waals surface area contributed by atoms with Gasteiger partial charge in [0.25, 0.3) is 0 Å². The molecule has 1 aliphatic heterocycles. The van der Waals surface area contributed by atoms with E-state index < -0.39 is 0 Å². The molecule has 1 saturated carbocycles. The molecule has 1 heterocycles. The van der Waals surface area contributed by atoms with E-state index in [1.54, 1.807) is 0 Å². The Morgan fingerprint density at radius 2 is 2.00 bits per heavy atom. The van der Waals surface area contributed by atoms with Gasteiger partial charge in [0.05, 0.1) is 0 Å². The van der Waals surface area contributed by atoms with E-state index >= 15 is 0 Å². The Morgan fingerprint density at radius 1 is 1.32 bits per heavy atom. The monoisotopic (exact) mass is 422 g/mol. The van der Waals surface area contributed by atoms with E-state index in [0.29, 0.717) is 11.5 Å². The fraction of sp³-hybridized carbons (Fsp3) is 0.941. The molecule has 2 fully saturated rings. The van der Waals surface area contributed by atoms with Crippen molar-refractivity contribution in [3.05, 3.63) is 0 Å². The first kappa shape index (κ1) is 20.0. The molecular formula is C17H35IN4. The summed E-state index contributed by atoms with van der Waals surface area (Å²) in [5.41, 5.74) is 0.472. The molecular weight excluding hydrogens is 387 g/mol. The van der Waals surface area contributed by atoms with Crippen molar-refractivity contribution < 1.29 is 0 Å². The fourth-order valence-electron chi connectivity index (χ4n) is 4.00. The van der Waals surface area contributed by atoms with Crippen molar-refractivity contribution >= 4 is 29.9 Å². The normalized spacial score (nSPS) is 25.1. The van der Waals surface area contributed by atoms with Crippen LogP contribution in [-0.2, 0) is 0 Å². The maximum absolute atomic E-state index is 4.49. The number of hydrogen-bond donors (Lipinski definition) is 1. The number of halogens is 1. The van der Waals surface area contributed by atoms with Gasteiger partial charge in [-0.15, -0.1) is 24.0 Å². The Morgan fingerprint density at radius 3 is 2.59 bits per heavy atom. The molecule has 0 spiro atoms. The number of nitrogens with zero attached hydrogens (tertiary/aromatic N) is 3. The van der Waals surface area contributed by atoms with E-state index in [1.807, 2.05) is 7.05 Å². The molecule has 0 aromatic carbocycles. The van der Waals surface area contributed by atoms with Crippen LogP contribution in [0.25, 0.3) is 0 Å². The molecule has 1 saturated heterocycles. The highest BCUT2D eigenvalue weighted by atomic mass is 127. The van der Waals surface area contributed by atoms with Crippen LogP contribution in [0.3, 0.4) is 0 Å². The maximum Gasteiger partial charge on any atom is 0.193 e. The van der Waals surface area contributed by atoms with Gasteiger partial charge in [-0.3, -0.25) is 9.89 Å². The lowest BCUT2D eigenvalue weighted by Gasteiger charge is -2.32. The highest BCUT2D eigenvalue weighted by molar-refractivity contribution is 14.0. The van der Waals surface area contributed by atoms with Gasteiger partial charge in [0.15, 0.2) is 5.96 Å². The number of aliphatic imine (C=N–C) groups is 1. The molecule has 4 nitrogen and oxygen atoms in total. The van der Waals surface area contributed by atoms with E-state index in [1.165, 1.54) is 51.6 Å². The summed E-state index contributed by atoms with van der Waals surface area (Å²) in [4.78, 5) is 9.40. The summed E-state index contributed by atoms with van der Waals surface area (Å²) in [7, 11) is 4.08. The smallest absolute Gasteiger partial charge is 0.193 e. The molecule has 22 heavy (non-hydrogen) atoms. The molecule has 1 atom stereocenters. The molecule has 5 heteroatoms. The summed E-state index contributed by atoms with van der Waals surface area (Å²) in [6.07, 6.45) is 8.16. The number of likely N-dealkylation sites (tertiary alicyclic amines) is 1. The summed E-state index contributed by atoms with van der Waals surface area (Å²) >= 11 is 0. The summed E-state index contributed by atoms with van der Waals surface area (Å²) in [6, 6.07) is 0.695. The van der Waals surface area contributed by atoms with E-state index in [0.717, 1.165) is 19.0 Å². The SMILES string of the molecule is CCN1CCCC1CN(C)C(=NC)NCC1(C)CCCC1.I. The second-order valence-corrected chi connectivity index (χ2v) is 7.22. The maximum atomic E-state index is 4.49. The molecule has 2 aliphatic rings. The number of hydrogen-bond acceptors (Lipinski definition) is 2. The van der Waals surface area contributed by atoms with Gasteiger partial charge in [-0.1, -0.05) is 26.7 Å². The van der Waals surface area contributed by atoms with Gasteiger partial charge in [-0.25, -0.2) is 0 Å². The summed E-state index contributed by atoms with van der Waals surface area (Å²) in [5.74, 6) is 1.06. The zero-order valence-corrected chi connectivity index (χ0v) is 17.2. The Kier molecular flexibility index (Phi) is 8.46. The van der Waals surface area contributed by atoms with Crippen molar-refractivity contribution in [3.63, 3.8) is 0 Å². The molecule has 2 rings (SSSR count). The first-order chi connectivity index (χ1) is 10.1. The van der Waals surface area contributed by atoms with E-state index in [2.05, 4.69) is 41.0 Å². The van der Waals surface area contributed by atoms with Crippen LogP contribution in [0, 0.1) is 5.41 Å². The third-order valence-electron chi connectivity index (χ3n) is 5.45. The van der Waals surface area contributed by atoms with Gasteiger partial charge in [0, 0.05) is 33.2 Å². The minimum atomic E-state index is 0. The van der Waals surface area contributed by atoms with Crippen LogP contribution in [0.2, 0.25) is 0 Å². The summed E-state index contributed by atoms with van der Waals surface area (Å²) in [5, 5.41) is 3.62. The van der Waals surface area contributed by atoms with Gasteiger partial charge < -0.3 is 10.2 Å². The molecule has 130 valence electrons. The van der Waals surface area contributed by atoms with Crippen LogP contribution in [0.5, 0.6) is 0 Å². The van der Waals surface area contributed by atoms with Crippen LogP contribution < -0.4 is 5.32 Å². The lowest BCUT2D eigenvalue weighted by molar-refractivity contribution is 0.231. The minimum Gasteiger partial charge on any atom is -0.356 e. The summed E-state index contributed by atoms with van der Waals surface area (Å²) < 4.78 is 0. The molecule has 0 radical (unpaired) electrons. The van der Waals surface area contributed by atoms with Crippen molar-refractivity contribution in [1.82, 2.24) is 15.1 Å². The average molecular weight is 422 g/mol. The van der Waals surface area contributed by atoms with Crippen LogP contribution in [0.4, 0.5) is 0 Å². The second kappa shape index (κ2) is 9.30. The van der Waals surface area contributed by atoms with E-state index in [4.69, 9.17) is 0 Å². The van der Waals surface area contributed by atoms with Crippen molar-refractivity contribution in [2.24, 2.45) is 10.4 Å². The van der Waals surface area contributed by atoms with E-state index in [9.17, 15) is 0 Å². The molecule has 0 amide bonds. The molecule has 1 N–H and O–H groups in total. The van der Waals surface area contributed by atoms with Crippen molar-refractivity contribution in [2.45, 2.75) is 58.4 Å². The van der Waals surface area contributed by atoms with Crippen molar-refractivity contribution in [1.29, 1.82) is 0 Å². The lowest BCUT2D eigenvalue weighted by atomic mass is 9.89. The Labute approximate surface area is 154 Å². The quantitative estimate of drug-likeness (QED) is 0.420. The Bertz CT molecular complexity index is 353. The van der Waals surface area contributed by atoms with Gasteiger partial charge in [-0.05, 0) is 44.2 Å². The lowest BCUT2D eigenvalue weighted by Crippen LogP contribution is -2.47. The third-order valence-corrected chi connectivity index (χ3v) is 5.45. The van der Waals surface area contributed by atoms with Gasteiger partial charge in [0.1, 0.15) is 0 Å². The van der Waals surface area contributed by atoms with Crippen molar-refractivity contribution in [2.75, 3.05) is 40.3 Å². The largest absolute Gasteiger partial charge is 0.356 e. The Balaban J connectivity index is 0.00000242. The Hall–Kier alpha value is -0.0400. The van der Waals surface area contributed by atoms with Gasteiger partial charge >= 0.3 is 0 Å². The van der Waals surface area contributed by atoms with Crippen LogP contribution in [0.1, 0.15) is 52.4 Å². The van der Waals surface area contributed by atoms with Crippen LogP contribution >= 0.6 is 24.0 Å². The zero-order valence-electron chi connectivity index (χ0n) is 14.9. The average Bonchev–Trinajstić information content (AvgIpc) is 3.09. The number of nitrogens with one attached hydrogen (secondary N) is 1. The molecule has 0 aromatic rings. The predicted molar refractivity (Wildman–Crippen MR) is 106 cm³/mol. The number of guanidine groups is 1. The van der Waals surface area contributed by atoms with Crippen molar-refractivity contribution in [3.8, 4) is 0 Å². The second-order valence-electron chi connectivity index (χ2n) is 7.22. The van der Waals surface area contributed by atoms with Crippen LogP contribution in [0.15, 0.2) is 4.99 Å². The predicted octanol–water partition coefficient (Wildman–Crippen LogP) is 3.18. The summed E-state index contributed by atoms with van der Waals surface area (Å²) in [6.45, 7) is 9.26. The highest BCUT2D eigenvalue weighted by Gasteiger charge is 2.29. The van der Waals surface area contributed by atoms with Gasteiger partial charge in [-0.2, -0.15) is 0 Å². The standard InChI is InChI=1S/C17H34N4.HI/c1-5-21-12-8-9-15(21)13-20(4)16(18-3)19-14-17(2)10-6-7-11-17;/h15H,5-14H2,1-4H3,(H,18,19);1H. The fourth-order valence-corrected chi connectivity index (χ4v) is 4.00. The van der Waals surface area contributed by atoms with Crippen LogP contribution in [-0.4, -0.2) is 62.1 Å².